The van der Waals surface area contributed by atoms with Gasteiger partial charge in [-0.05, 0) is 61.7 Å². The molecule has 0 saturated carbocycles. The highest BCUT2D eigenvalue weighted by Crippen LogP contribution is 2.56. The lowest BCUT2D eigenvalue weighted by atomic mass is 9.78. The van der Waals surface area contributed by atoms with Crippen LogP contribution < -0.4 is 0 Å². The van der Waals surface area contributed by atoms with Crippen LogP contribution in [0.2, 0.25) is 0 Å². The summed E-state index contributed by atoms with van der Waals surface area (Å²) in [6.45, 7) is 6.74. The first-order valence-electron chi connectivity index (χ1n) is 8.27. The molecule has 0 amide bonds. The molecule has 1 aromatic rings. The topological polar surface area (TPSA) is 12.5 Å². The van der Waals surface area contributed by atoms with Gasteiger partial charge < -0.3 is 4.74 Å². The molecule has 4 aliphatic rings. The second-order valence-electron chi connectivity index (χ2n) is 6.76. The summed E-state index contributed by atoms with van der Waals surface area (Å²) in [5, 5.41) is 0. The molecule has 2 aliphatic carbocycles. The minimum absolute atomic E-state index is 0.0129. The van der Waals surface area contributed by atoms with E-state index in [-0.39, 0.29) is 5.72 Å². The van der Waals surface area contributed by atoms with E-state index in [4.69, 9.17) is 4.74 Å². The van der Waals surface area contributed by atoms with E-state index in [1.165, 1.54) is 25.7 Å². The van der Waals surface area contributed by atoms with Crippen LogP contribution in [0.25, 0.3) is 0 Å². The Balaban J connectivity index is 1.80. The van der Waals surface area contributed by atoms with E-state index in [2.05, 4.69) is 43.0 Å². The van der Waals surface area contributed by atoms with Crippen molar-refractivity contribution in [2.75, 3.05) is 13.1 Å². The normalized spacial score (nSPS) is 38.0. The van der Waals surface area contributed by atoms with E-state index in [1.807, 2.05) is 0 Å². The Hall–Kier alpha value is -0.860. The van der Waals surface area contributed by atoms with Crippen LogP contribution in [0, 0.1) is 0 Å². The fraction of sp³-hybridized carbons (Fsp3) is 0.667. The lowest BCUT2D eigenvalue weighted by Crippen LogP contribution is -2.58. The summed E-state index contributed by atoms with van der Waals surface area (Å²) in [5.74, 6) is 1.41. The molecule has 4 bridgehead atoms. The van der Waals surface area contributed by atoms with Crippen LogP contribution in [0.15, 0.2) is 24.3 Å². The first-order valence-corrected chi connectivity index (χ1v) is 8.27. The minimum Gasteiger partial charge on any atom is -0.357 e. The zero-order valence-electron chi connectivity index (χ0n) is 12.6. The van der Waals surface area contributed by atoms with Crippen molar-refractivity contribution in [2.24, 2.45) is 0 Å². The molecule has 2 heteroatoms. The van der Waals surface area contributed by atoms with E-state index in [1.54, 1.807) is 11.1 Å². The largest absolute Gasteiger partial charge is 0.357 e. The zero-order valence-corrected chi connectivity index (χ0v) is 12.6. The Morgan fingerprint density at radius 2 is 1.60 bits per heavy atom. The van der Waals surface area contributed by atoms with Gasteiger partial charge in [-0.25, -0.2) is 0 Å². The number of hydrogen-bond acceptors (Lipinski definition) is 2. The third-order valence-corrected chi connectivity index (χ3v) is 5.83. The van der Waals surface area contributed by atoms with Gasteiger partial charge in [-0.2, -0.15) is 0 Å². The third kappa shape index (κ3) is 1.71. The lowest BCUT2D eigenvalue weighted by molar-refractivity contribution is -0.241. The molecule has 20 heavy (non-hydrogen) atoms. The monoisotopic (exact) mass is 271 g/mol. The van der Waals surface area contributed by atoms with Gasteiger partial charge in [0.2, 0.25) is 0 Å². The summed E-state index contributed by atoms with van der Waals surface area (Å²) >= 11 is 0. The Bertz CT molecular complexity index is 473. The Labute approximate surface area is 122 Å². The summed E-state index contributed by atoms with van der Waals surface area (Å²) in [4.78, 5) is 2.57. The van der Waals surface area contributed by atoms with E-state index >= 15 is 0 Å². The maximum Gasteiger partial charge on any atom is 0.123 e. The number of rotatable bonds is 3. The summed E-state index contributed by atoms with van der Waals surface area (Å²) in [6.07, 6.45) is 5.32. The van der Waals surface area contributed by atoms with Gasteiger partial charge >= 0.3 is 0 Å². The van der Waals surface area contributed by atoms with Crippen molar-refractivity contribution in [1.29, 1.82) is 0 Å². The molecule has 2 fully saturated rings. The van der Waals surface area contributed by atoms with Crippen molar-refractivity contribution in [1.82, 2.24) is 4.90 Å². The Kier molecular flexibility index (Phi) is 2.94. The molecular weight excluding hydrogens is 246 g/mol. The number of hydrogen-bond donors (Lipinski definition) is 0. The van der Waals surface area contributed by atoms with Gasteiger partial charge in [-0.3, -0.25) is 4.90 Å². The highest BCUT2D eigenvalue weighted by atomic mass is 16.5. The summed E-state index contributed by atoms with van der Waals surface area (Å²) in [6, 6.07) is 9.18. The van der Waals surface area contributed by atoms with Crippen molar-refractivity contribution >= 4 is 0 Å². The first-order chi connectivity index (χ1) is 9.75. The molecule has 108 valence electrons. The molecule has 0 radical (unpaired) electrons. The van der Waals surface area contributed by atoms with Gasteiger partial charge in [-0.15, -0.1) is 0 Å². The summed E-state index contributed by atoms with van der Waals surface area (Å²) in [5.41, 5.74) is 3.26. The van der Waals surface area contributed by atoms with E-state index < -0.39 is 0 Å². The number of benzene rings is 1. The molecule has 5 rings (SSSR count). The molecule has 2 aliphatic heterocycles. The molecule has 2 saturated heterocycles. The van der Waals surface area contributed by atoms with Crippen molar-refractivity contribution in [3.63, 3.8) is 0 Å². The fourth-order valence-electron chi connectivity index (χ4n) is 5.11. The number of ether oxygens (including phenoxy) is 1. The van der Waals surface area contributed by atoms with Crippen LogP contribution in [-0.4, -0.2) is 29.8 Å². The van der Waals surface area contributed by atoms with Gasteiger partial charge in [0.05, 0.1) is 6.10 Å². The first kappa shape index (κ1) is 12.8. The number of nitrogens with zero attached hydrogens (tertiary/aromatic N) is 1. The maximum atomic E-state index is 6.59. The van der Waals surface area contributed by atoms with Crippen LogP contribution in [0.1, 0.15) is 62.5 Å². The molecule has 0 aromatic heterocycles. The fourth-order valence-corrected chi connectivity index (χ4v) is 5.11. The Morgan fingerprint density at radius 3 is 2.10 bits per heavy atom. The zero-order chi connectivity index (χ0) is 13.7. The standard InChI is InChI=1S/C18H25NO/c1-3-19(4-2)18-11-13-9-15(20-18)10-14(12-18)17-8-6-5-7-16(13)17/h5-8,13-15H,3-4,9-12H2,1-2H3. The van der Waals surface area contributed by atoms with E-state index in [0.29, 0.717) is 17.9 Å². The molecule has 2 nitrogen and oxygen atoms in total. The molecule has 0 spiro atoms. The average Bonchev–Trinajstić information content (AvgIpc) is 2.62. The second kappa shape index (κ2) is 4.57. The van der Waals surface area contributed by atoms with E-state index in [9.17, 15) is 0 Å². The highest BCUT2D eigenvalue weighted by molar-refractivity contribution is 5.38. The van der Waals surface area contributed by atoms with Gasteiger partial charge in [-0.1, -0.05) is 38.1 Å². The SMILES string of the molecule is CCN(CC)C12CC3CC(CC(C1)c1ccccc13)O2. The molecular formula is C18H25NO. The van der Waals surface area contributed by atoms with Crippen LogP contribution >= 0.6 is 0 Å². The van der Waals surface area contributed by atoms with Crippen LogP contribution in [-0.2, 0) is 4.74 Å². The van der Waals surface area contributed by atoms with Crippen molar-refractivity contribution in [3.05, 3.63) is 35.4 Å². The van der Waals surface area contributed by atoms with Crippen molar-refractivity contribution in [2.45, 2.75) is 63.2 Å². The summed E-state index contributed by atoms with van der Waals surface area (Å²) in [7, 11) is 0. The van der Waals surface area contributed by atoms with Crippen molar-refractivity contribution < 1.29 is 4.74 Å². The molecule has 1 aromatic carbocycles. The van der Waals surface area contributed by atoms with Crippen LogP contribution in [0.3, 0.4) is 0 Å². The quantitative estimate of drug-likeness (QED) is 0.827. The average molecular weight is 271 g/mol. The van der Waals surface area contributed by atoms with Crippen LogP contribution in [0.4, 0.5) is 0 Å². The predicted octanol–water partition coefficient (Wildman–Crippen LogP) is 3.88. The van der Waals surface area contributed by atoms with E-state index in [0.717, 1.165) is 13.1 Å². The molecule has 2 unspecified atom stereocenters. The van der Waals surface area contributed by atoms with Gasteiger partial charge in [0.15, 0.2) is 0 Å². The smallest absolute Gasteiger partial charge is 0.123 e. The molecule has 2 atom stereocenters. The minimum atomic E-state index is 0.0129. The lowest BCUT2D eigenvalue weighted by Gasteiger charge is -2.53. The highest BCUT2D eigenvalue weighted by Gasteiger charge is 2.53. The van der Waals surface area contributed by atoms with Crippen molar-refractivity contribution in [3.8, 4) is 0 Å². The van der Waals surface area contributed by atoms with Gasteiger partial charge in [0, 0.05) is 0 Å². The molecule has 2 heterocycles. The molecule has 0 N–H and O–H groups in total. The maximum absolute atomic E-state index is 6.59. The van der Waals surface area contributed by atoms with Gasteiger partial charge in [0.1, 0.15) is 5.72 Å². The van der Waals surface area contributed by atoms with Crippen LogP contribution in [0.5, 0.6) is 0 Å². The van der Waals surface area contributed by atoms with Gasteiger partial charge in [0.25, 0.3) is 0 Å². The predicted molar refractivity (Wildman–Crippen MR) is 80.9 cm³/mol. The third-order valence-electron chi connectivity index (χ3n) is 5.83. The summed E-state index contributed by atoms with van der Waals surface area (Å²) < 4.78 is 6.59. The Morgan fingerprint density at radius 1 is 1.05 bits per heavy atom. The second-order valence-corrected chi connectivity index (χ2v) is 6.76.